The van der Waals surface area contributed by atoms with Crippen LogP contribution in [0.1, 0.15) is 36.6 Å². The SMILES string of the molecule is O=C(Nc1cccc(N2C(=O)c3ccccc3C2=O)c1)c1cccc(CS(=O)(=O)c2ccccc2)c1. The lowest BCUT2D eigenvalue weighted by Crippen LogP contribution is -2.29. The van der Waals surface area contributed by atoms with Crippen LogP contribution in [0.3, 0.4) is 0 Å². The maximum Gasteiger partial charge on any atom is 0.266 e. The van der Waals surface area contributed by atoms with Crippen LogP contribution in [0.5, 0.6) is 0 Å². The van der Waals surface area contributed by atoms with Crippen LogP contribution in [0.4, 0.5) is 11.4 Å². The summed E-state index contributed by atoms with van der Waals surface area (Å²) in [5.41, 5.74) is 2.14. The zero-order valence-electron chi connectivity index (χ0n) is 18.9. The molecule has 4 aromatic carbocycles. The van der Waals surface area contributed by atoms with E-state index in [0.29, 0.717) is 28.1 Å². The van der Waals surface area contributed by atoms with Gasteiger partial charge in [-0.25, -0.2) is 13.3 Å². The van der Waals surface area contributed by atoms with Gasteiger partial charge < -0.3 is 5.32 Å². The van der Waals surface area contributed by atoms with Crippen LogP contribution in [0.15, 0.2) is 108 Å². The second-order valence-corrected chi connectivity index (χ2v) is 10.3. The number of benzene rings is 4. The summed E-state index contributed by atoms with van der Waals surface area (Å²) < 4.78 is 25.4. The van der Waals surface area contributed by atoms with Gasteiger partial charge in [0.15, 0.2) is 9.84 Å². The molecule has 0 fully saturated rings. The Labute approximate surface area is 207 Å². The van der Waals surface area contributed by atoms with E-state index in [-0.39, 0.29) is 16.2 Å². The molecule has 0 saturated carbocycles. The van der Waals surface area contributed by atoms with E-state index in [1.807, 2.05) is 0 Å². The Morgan fingerprint density at radius 2 is 1.36 bits per heavy atom. The second-order valence-electron chi connectivity index (χ2n) is 8.27. The number of nitrogens with one attached hydrogen (secondary N) is 1. The molecular formula is C28H20N2O5S. The van der Waals surface area contributed by atoms with Gasteiger partial charge in [0.05, 0.1) is 27.5 Å². The first-order valence-corrected chi connectivity index (χ1v) is 12.7. The van der Waals surface area contributed by atoms with Crippen molar-refractivity contribution >= 4 is 38.9 Å². The molecule has 1 aliphatic heterocycles. The molecule has 0 unspecified atom stereocenters. The maximum atomic E-state index is 12.9. The summed E-state index contributed by atoms with van der Waals surface area (Å²) in [5.74, 6) is -1.54. The maximum absolute atomic E-state index is 12.9. The Balaban J connectivity index is 1.34. The van der Waals surface area contributed by atoms with Crippen LogP contribution < -0.4 is 10.2 Å². The lowest BCUT2D eigenvalue weighted by Gasteiger charge is -2.15. The molecule has 0 radical (unpaired) electrons. The number of hydrogen-bond acceptors (Lipinski definition) is 5. The third kappa shape index (κ3) is 4.42. The van der Waals surface area contributed by atoms with Gasteiger partial charge in [-0.2, -0.15) is 0 Å². The molecule has 178 valence electrons. The van der Waals surface area contributed by atoms with E-state index in [0.717, 1.165) is 4.90 Å². The summed E-state index contributed by atoms with van der Waals surface area (Å²) >= 11 is 0. The molecule has 7 nitrogen and oxygen atoms in total. The topological polar surface area (TPSA) is 101 Å². The molecule has 4 aromatic rings. The number of carbonyl (C=O) groups excluding carboxylic acids is 3. The normalized spacial score (nSPS) is 12.9. The highest BCUT2D eigenvalue weighted by Gasteiger charge is 2.36. The second kappa shape index (κ2) is 9.24. The van der Waals surface area contributed by atoms with Crippen molar-refractivity contribution in [2.45, 2.75) is 10.6 Å². The lowest BCUT2D eigenvalue weighted by atomic mass is 10.1. The Kier molecular flexibility index (Phi) is 5.95. The van der Waals surface area contributed by atoms with Crippen LogP contribution in [0.2, 0.25) is 0 Å². The molecular weight excluding hydrogens is 476 g/mol. The molecule has 1 aliphatic rings. The van der Waals surface area contributed by atoms with E-state index in [1.165, 1.54) is 18.2 Å². The molecule has 8 heteroatoms. The first-order chi connectivity index (χ1) is 17.3. The lowest BCUT2D eigenvalue weighted by molar-refractivity contribution is 0.0925. The quantitative estimate of drug-likeness (QED) is 0.390. The van der Waals surface area contributed by atoms with E-state index in [9.17, 15) is 22.8 Å². The van der Waals surface area contributed by atoms with Gasteiger partial charge in [-0.3, -0.25) is 14.4 Å². The summed E-state index contributed by atoms with van der Waals surface area (Å²) in [4.78, 5) is 39.8. The highest BCUT2D eigenvalue weighted by atomic mass is 32.2. The Bertz CT molecular complexity index is 1580. The highest BCUT2D eigenvalue weighted by molar-refractivity contribution is 7.90. The third-order valence-electron chi connectivity index (χ3n) is 5.80. The minimum Gasteiger partial charge on any atom is -0.322 e. The van der Waals surface area contributed by atoms with Gasteiger partial charge in [0.2, 0.25) is 0 Å². The van der Waals surface area contributed by atoms with E-state index >= 15 is 0 Å². The van der Waals surface area contributed by atoms with Gasteiger partial charge >= 0.3 is 0 Å². The minimum absolute atomic E-state index is 0.213. The molecule has 0 atom stereocenters. The van der Waals surface area contributed by atoms with E-state index in [2.05, 4.69) is 5.32 Å². The number of fused-ring (bicyclic) bond motifs is 1. The van der Waals surface area contributed by atoms with Crippen molar-refractivity contribution in [3.8, 4) is 0 Å². The monoisotopic (exact) mass is 496 g/mol. The van der Waals surface area contributed by atoms with Crippen LogP contribution in [0, 0.1) is 0 Å². The third-order valence-corrected chi connectivity index (χ3v) is 7.51. The summed E-state index contributed by atoms with van der Waals surface area (Å²) in [7, 11) is -3.56. The smallest absolute Gasteiger partial charge is 0.266 e. The van der Waals surface area contributed by atoms with Crippen molar-refractivity contribution in [1.82, 2.24) is 0 Å². The number of imide groups is 1. The van der Waals surface area contributed by atoms with E-state index < -0.39 is 27.6 Å². The first-order valence-electron chi connectivity index (χ1n) is 11.1. The number of nitrogens with zero attached hydrogens (tertiary/aromatic N) is 1. The Morgan fingerprint density at radius 3 is 2.06 bits per heavy atom. The van der Waals surface area contributed by atoms with Crippen molar-refractivity contribution in [3.05, 3.63) is 125 Å². The number of rotatable bonds is 6. The molecule has 0 aliphatic carbocycles. The molecule has 1 N–H and O–H groups in total. The Morgan fingerprint density at radius 1 is 0.722 bits per heavy atom. The van der Waals surface area contributed by atoms with Gasteiger partial charge in [-0.1, -0.05) is 48.5 Å². The molecule has 0 saturated heterocycles. The van der Waals surface area contributed by atoms with E-state index in [1.54, 1.807) is 84.9 Å². The van der Waals surface area contributed by atoms with Crippen LogP contribution >= 0.6 is 0 Å². The fourth-order valence-electron chi connectivity index (χ4n) is 4.08. The molecule has 0 aromatic heterocycles. The summed E-state index contributed by atoms with van der Waals surface area (Å²) in [6.07, 6.45) is 0. The predicted molar refractivity (Wildman–Crippen MR) is 136 cm³/mol. The van der Waals surface area contributed by atoms with Crippen molar-refractivity contribution in [2.75, 3.05) is 10.2 Å². The molecule has 5 rings (SSSR count). The number of sulfone groups is 1. The number of hydrogen-bond donors (Lipinski definition) is 1. The molecule has 36 heavy (non-hydrogen) atoms. The largest absolute Gasteiger partial charge is 0.322 e. The summed E-state index contributed by atoms with van der Waals surface area (Å²) in [5, 5.41) is 2.76. The van der Waals surface area contributed by atoms with Gasteiger partial charge in [-0.05, 0) is 60.2 Å². The average molecular weight is 497 g/mol. The fourth-order valence-corrected chi connectivity index (χ4v) is 5.44. The number of carbonyl (C=O) groups is 3. The zero-order valence-corrected chi connectivity index (χ0v) is 19.7. The summed E-state index contributed by atoms with van der Waals surface area (Å²) in [6, 6.07) is 27.6. The van der Waals surface area contributed by atoms with Crippen molar-refractivity contribution in [1.29, 1.82) is 0 Å². The summed E-state index contributed by atoms with van der Waals surface area (Å²) in [6.45, 7) is 0. The molecule has 0 bridgehead atoms. The zero-order chi connectivity index (χ0) is 25.3. The highest BCUT2D eigenvalue weighted by Crippen LogP contribution is 2.30. The van der Waals surface area contributed by atoms with Crippen molar-refractivity contribution < 1.29 is 22.8 Å². The standard InChI is InChI=1S/C28H20N2O5S/c31-26(20-9-6-8-19(16-20)18-36(34,35)23-12-2-1-3-13-23)29-21-10-7-11-22(17-21)30-27(32)24-14-4-5-15-25(24)28(30)33/h1-17H,18H2,(H,29,31). The first kappa shape index (κ1) is 23.2. The van der Waals surface area contributed by atoms with Gasteiger partial charge in [0.1, 0.15) is 0 Å². The predicted octanol–water partition coefficient (Wildman–Crippen LogP) is 4.71. The minimum atomic E-state index is -3.56. The molecule has 3 amide bonds. The van der Waals surface area contributed by atoms with Gasteiger partial charge in [-0.15, -0.1) is 0 Å². The Hall–Kier alpha value is -4.56. The molecule has 1 heterocycles. The average Bonchev–Trinajstić information content (AvgIpc) is 3.14. The fraction of sp³-hybridized carbons (Fsp3) is 0.0357. The van der Waals surface area contributed by atoms with E-state index in [4.69, 9.17) is 0 Å². The molecule has 0 spiro atoms. The number of amides is 3. The van der Waals surface area contributed by atoms with Crippen LogP contribution in [-0.4, -0.2) is 26.1 Å². The van der Waals surface area contributed by atoms with Crippen molar-refractivity contribution in [3.63, 3.8) is 0 Å². The van der Waals surface area contributed by atoms with Crippen LogP contribution in [-0.2, 0) is 15.6 Å². The van der Waals surface area contributed by atoms with Gasteiger partial charge in [0, 0.05) is 11.3 Å². The van der Waals surface area contributed by atoms with Gasteiger partial charge in [0.25, 0.3) is 17.7 Å². The number of anilines is 2. The van der Waals surface area contributed by atoms with Crippen molar-refractivity contribution in [2.24, 2.45) is 0 Å². The van der Waals surface area contributed by atoms with Crippen LogP contribution in [0.25, 0.3) is 0 Å².